The molecule has 0 saturated heterocycles. The van der Waals surface area contributed by atoms with Gasteiger partial charge in [-0.3, -0.25) is 14.6 Å². The average Bonchev–Trinajstić information content (AvgIpc) is 2.96. The van der Waals surface area contributed by atoms with Gasteiger partial charge in [-0.05, 0) is 29.8 Å². The molecular formula is C25H23N3O4. The van der Waals surface area contributed by atoms with Gasteiger partial charge in [0.15, 0.2) is 0 Å². The summed E-state index contributed by atoms with van der Waals surface area (Å²) in [5.41, 5.74) is 3.25. The van der Waals surface area contributed by atoms with Crippen molar-refractivity contribution in [3.8, 4) is 11.5 Å². The van der Waals surface area contributed by atoms with Gasteiger partial charge in [0.25, 0.3) is 0 Å². The van der Waals surface area contributed by atoms with Crippen molar-refractivity contribution in [2.75, 3.05) is 31.0 Å². The Morgan fingerprint density at radius 1 is 1.00 bits per heavy atom. The molecular weight excluding hydrogens is 406 g/mol. The smallest absolute Gasteiger partial charge is 0.244 e. The van der Waals surface area contributed by atoms with Crippen molar-refractivity contribution in [3.63, 3.8) is 0 Å². The summed E-state index contributed by atoms with van der Waals surface area (Å²) in [4.78, 5) is 32.3. The number of hydrogen-bond acceptors (Lipinski definition) is 5. The second kappa shape index (κ2) is 9.34. The fourth-order valence-corrected chi connectivity index (χ4v) is 3.56. The predicted octanol–water partition coefficient (Wildman–Crippen LogP) is 4.20. The van der Waals surface area contributed by atoms with E-state index in [2.05, 4.69) is 5.32 Å². The molecule has 1 aliphatic rings. The average molecular weight is 429 g/mol. The van der Waals surface area contributed by atoms with E-state index in [9.17, 15) is 9.59 Å². The maximum absolute atomic E-state index is 13.2. The number of nitrogens with zero attached hydrogens (tertiary/aromatic N) is 2. The molecule has 0 radical (unpaired) electrons. The first-order chi connectivity index (χ1) is 15.6. The molecule has 0 bridgehead atoms. The number of hydrogen-bond donors (Lipinski definition) is 1. The van der Waals surface area contributed by atoms with Crippen LogP contribution in [0.3, 0.4) is 0 Å². The van der Waals surface area contributed by atoms with E-state index < -0.39 is 0 Å². The van der Waals surface area contributed by atoms with Crippen LogP contribution in [-0.4, -0.2) is 38.3 Å². The minimum Gasteiger partial charge on any atom is -0.497 e. The van der Waals surface area contributed by atoms with Crippen LogP contribution in [0.25, 0.3) is 0 Å². The number of aliphatic imine (C=N–C) groups is 1. The maximum Gasteiger partial charge on any atom is 0.244 e. The van der Waals surface area contributed by atoms with Gasteiger partial charge in [-0.2, -0.15) is 0 Å². The third kappa shape index (κ3) is 4.46. The molecule has 7 nitrogen and oxygen atoms in total. The van der Waals surface area contributed by atoms with E-state index in [1.165, 1.54) is 12.0 Å². The van der Waals surface area contributed by atoms with Crippen molar-refractivity contribution in [2.24, 2.45) is 4.99 Å². The van der Waals surface area contributed by atoms with Gasteiger partial charge in [-0.15, -0.1) is 0 Å². The summed E-state index contributed by atoms with van der Waals surface area (Å²) in [6, 6.07) is 22.0. The number of amides is 2. The number of anilines is 2. The maximum atomic E-state index is 13.2. The zero-order valence-corrected chi connectivity index (χ0v) is 17.9. The molecule has 1 aliphatic heterocycles. The van der Waals surface area contributed by atoms with E-state index in [-0.39, 0.29) is 24.8 Å². The molecule has 0 spiro atoms. The number of ether oxygens (including phenoxy) is 2. The normalized spacial score (nSPS) is 13.0. The quantitative estimate of drug-likeness (QED) is 0.637. The van der Waals surface area contributed by atoms with Gasteiger partial charge >= 0.3 is 0 Å². The number of rotatable bonds is 6. The highest BCUT2D eigenvalue weighted by atomic mass is 16.5. The Hall–Kier alpha value is -4.13. The van der Waals surface area contributed by atoms with Crippen LogP contribution in [0.1, 0.15) is 12.0 Å². The molecule has 0 aliphatic carbocycles. The molecule has 0 saturated carbocycles. The lowest BCUT2D eigenvalue weighted by Crippen LogP contribution is -2.38. The lowest BCUT2D eigenvalue weighted by molar-refractivity contribution is -0.120. The molecule has 0 fully saturated rings. The van der Waals surface area contributed by atoms with Crippen molar-refractivity contribution in [1.82, 2.24) is 0 Å². The van der Waals surface area contributed by atoms with E-state index in [1.807, 2.05) is 48.5 Å². The second-order valence-electron chi connectivity index (χ2n) is 7.18. The monoisotopic (exact) mass is 429 g/mol. The van der Waals surface area contributed by atoms with Crippen molar-refractivity contribution in [1.29, 1.82) is 0 Å². The SMILES string of the molecule is COc1ccc(OC)c(NC(=O)CN2C(=O)CC(c3ccccc3)=Nc3ccccc32)c1. The van der Waals surface area contributed by atoms with E-state index >= 15 is 0 Å². The van der Waals surface area contributed by atoms with Gasteiger partial charge in [-0.25, -0.2) is 0 Å². The Balaban J connectivity index is 1.60. The van der Waals surface area contributed by atoms with Crippen LogP contribution in [0.4, 0.5) is 17.1 Å². The number of fused-ring (bicyclic) bond motifs is 1. The molecule has 0 aromatic heterocycles. The van der Waals surface area contributed by atoms with Crippen LogP contribution in [-0.2, 0) is 9.59 Å². The van der Waals surface area contributed by atoms with Gasteiger partial charge < -0.3 is 19.7 Å². The van der Waals surface area contributed by atoms with E-state index in [0.29, 0.717) is 34.3 Å². The zero-order chi connectivity index (χ0) is 22.5. The van der Waals surface area contributed by atoms with Crippen molar-refractivity contribution in [3.05, 3.63) is 78.4 Å². The van der Waals surface area contributed by atoms with Crippen LogP contribution in [0, 0.1) is 0 Å². The van der Waals surface area contributed by atoms with Crippen LogP contribution < -0.4 is 19.7 Å². The molecule has 0 unspecified atom stereocenters. The van der Waals surface area contributed by atoms with Crippen LogP contribution in [0.2, 0.25) is 0 Å². The lowest BCUT2D eigenvalue weighted by Gasteiger charge is -2.22. The van der Waals surface area contributed by atoms with Crippen LogP contribution >= 0.6 is 0 Å². The number of methoxy groups -OCH3 is 2. The summed E-state index contributed by atoms with van der Waals surface area (Å²) in [5.74, 6) is 0.516. The third-order valence-corrected chi connectivity index (χ3v) is 5.14. The van der Waals surface area contributed by atoms with E-state index in [4.69, 9.17) is 14.5 Å². The first kappa shape index (κ1) is 21.1. The van der Waals surface area contributed by atoms with Crippen LogP contribution in [0.5, 0.6) is 11.5 Å². The predicted molar refractivity (Wildman–Crippen MR) is 124 cm³/mol. The molecule has 1 heterocycles. The summed E-state index contributed by atoms with van der Waals surface area (Å²) >= 11 is 0. The van der Waals surface area contributed by atoms with Gasteiger partial charge in [-0.1, -0.05) is 42.5 Å². The Morgan fingerprint density at radius 3 is 2.50 bits per heavy atom. The summed E-state index contributed by atoms with van der Waals surface area (Å²) in [5, 5.41) is 2.82. The first-order valence-corrected chi connectivity index (χ1v) is 10.1. The fraction of sp³-hybridized carbons (Fsp3) is 0.160. The number of benzene rings is 3. The largest absolute Gasteiger partial charge is 0.497 e. The third-order valence-electron chi connectivity index (χ3n) is 5.14. The highest BCUT2D eigenvalue weighted by Crippen LogP contribution is 2.33. The number of carbonyl (C=O) groups is 2. The lowest BCUT2D eigenvalue weighted by atomic mass is 10.1. The molecule has 3 aromatic carbocycles. The highest BCUT2D eigenvalue weighted by molar-refractivity contribution is 6.19. The topological polar surface area (TPSA) is 80.2 Å². The molecule has 162 valence electrons. The van der Waals surface area contributed by atoms with Gasteiger partial charge in [0.2, 0.25) is 11.8 Å². The first-order valence-electron chi connectivity index (χ1n) is 10.1. The standard InChI is InChI=1S/C25H23N3O4/c1-31-18-12-13-23(32-2)21(14-18)27-24(29)16-28-22-11-7-6-10-19(22)26-20(15-25(28)30)17-8-4-3-5-9-17/h3-14H,15-16H2,1-2H3,(H,27,29). The van der Waals surface area contributed by atoms with Crippen LogP contribution in [0.15, 0.2) is 77.8 Å². The Labute approximate surface area is 186 Å². The highest BCUT2D eigenvalue weighted by Gasteiger charge is 2.26. The molecule has 3 aromatic rings. The summed E-state index contributed by atoms with van der Waals surface area (Å²) in [6.07, 6.45) is 0.0917. The summed E-state index contributed by atoms with van der Waals surface area (Å²) < 4.78 is 10.6. The van der Waals surface area contributed by atoms with E-state index in [0.717, 1.165) is 5.56 Å². The minimum absolute atomic E-state index is 0.0917. The number of nitrogens with one attached hydrogen (secondary N) is 1. The molecule has 4 rings (SSSR count). The van der Waals surface area contributed by atoms with Gasteiger partial charge in [0.1, 0.15) is 18.0 Å². The van der Waals surface area contributed by atoms with Gasteiger partial charge in [0.05, 0.1) is 43.4 Å². The summed E-state index contributed by atoms with van der Waals surface area (Å²) in [6.45, 7) is -0.159. The van der Waals surface area contributed by atoms with E-state index in [1.54, 1.807) is 31.4 Å². The molecule has 1 N–H and O–H groups in total. The zero-order valence-electron chi connectivity index (χ0n) is 17.9. The Morgan fingerprint density at radius 2 is 1.75 bits per heavy atom. The van der Waals surface area contributed by atoms with Gasteiger partial charge in [0, 0.05) is 6.07 Å². The van der Waals surface area contributed by atoms with Crippen molar-refractivity contribution >= 4 is 34.6 Å². The van der Waals surface area contributed by atoms with Crippen molar-refractivity contribution < 1.29 is 19.1 Å². The molecule has 2 amide bonds. The number of para-hydroxylation sites is 2. The molecule has 0 atom stereocenters. The summed E-state index contributed by atoms with van der Waals surface area (Å²) in [7, 11) is 3.07. The Kier molecular flexibility index (Phi) is 6.17. The Bertz CT molecular complexity index is 1170. The second-order valence-corrected chi connectivity index (χ2v) is 7.18. The molecule has 7 heteroatoms. The minimum atomic E-state index is -0.358. The van der Waals surface area contributed by atoms with Crippen molar-refractivity contribution in [2.45, 2.75) is 6.42 Å². The fourth-order valence-electron chi connectivity index (χ4n) is 3.56. The number of carbonyl (C=O) groups excluding carboxylic acids is 2. The molecule has 32 heavy (non-hydrogen) atoms.